The monoisotopic (exact) mass is 295 g/mol. The predicted molar refractivity (Wildman–Crippen MR) is 87.7 cm³/mol. The highest BCUT2D eigenvalue weighted by molar-refractivity contribution is 5.99. The first-order valence-corrected chi connectivity index (χ1v) is 7.75. The summed E-state index contributed by atoms with van der Waals surface area (Å²) in [5.74, 6) is -0.00634. The number of hydrogen-bond donors (Lipinski definition) is 1. The molecule has 3 rings (SSSR count). The van der Waals surface area contributed by atoms with Gasteiger partial charge in [-0.3, -0.25) is 9.78 Å². The quantitative estimate of drug-likeness (QED) is 0.946. The third kappa shape index (κ3) is 3.02. The van der Waals surface area contributed by atoms with Gasteiger partial charge in [-0.25, -0.2) is 0 Å². The summed E-state index contributed by atoms with van der Waals surface area (Å²) in [7, 11) is 1.88. The molecule has 0 bridgehead atoms. The summed E-state index contributed by atoms with van der Waals surface area (Å²) >= 11 is 0. The fourth-order valence-electron chi connectivity index (χ4n) is 2.92. The molecule has 1 atom stereocenters. The number of hydrogen-bond acceptors (Lipinski definition) is 3. The minimum absolute atomic E-state index is 0.00634. The third-order valence-electron chi connectivity index (χ3n) is 4.23. The van der Waals surface area contributed by atoms with E-state index in [1.807, 2.05) is 54.4 Å². The smallest absolute Gasteiger partial charge is 0.273 e. The Bertz CT molecular complexity index is 636. The van der Waals surface area contributed by atoms with Crippen LogP contribution in [0.25, 0.3) is 11.1 Å². The summed E-state index contributed by atoms with van der Waals surface area (Å²) in [4.78, 5) is 19.1. The zero-order valence-electron chi connectivity index (χ0n) is 12.8. The molecule has 0 aliphatic carbocycles. The van der Waals surface area contributed by atoms with Crippen LogP contribution in [0.4, 0.5) is 0 Å². The number of amides is 1. The molecular weight excluding hydrogens is 274 g/mol. The van der Waals surface area contributed by atoms with E-state index in [9.17, 15) is 4.79 Å². The van der Waals surface area contributed by atoms with Crippen molar-refractivity contribution in [2.24, 2.45) is 0 Å². The number of aromatic nitrogens is 1. The molecule has 0 spiro atoms. The molecule has 4 nitrogen and oxygen atoms in total. The molecule has 0 radical (unpaired) electrons. The summed E-state index contributed by atoms with van der Waals surface area (Å²) < 4.78 is 0. The molecule has 1 aliphatic rings. The van der Waals surface area contributed by atoms with E-state index < -0.39 is 0 Å². The molecule has 2 aromatic rings. The van der Waals surface area contributed by atoms with Crippen LogP contribution >= 0.6 is 0 Å². The summed E-state index contributed by atoms with van der Waals surface area (Å²) in [5, 5.41) is 3.35. The zero-order valence-corrected chi connectivity index (χ0v) is 12.8. The van der Waals surface area contributed by atoms with Crippen LogP contribution in [0.1, 0.15) is 23.3 Å². The van der Waals surface area contributed by atoms with Gasteiger partial charge in [0, 0.05) is 31.4 Å². The van der Waals surface area contributed by atoms with E-state index in [1.54, 1.807) is 6.20 Å². The highest BCUT2D eigenvalue weighted by Gasteiger charge is 2.25. The first-order valence-electron chi connectivity index (χ1n) is 7.75. The van der Waals surface area contributed by atoms with Gasteiger partial charge in [0.15, 0.2) is 0 Å². The van der Waals surface area contributed by atoms with Gasteiger partial charge in [-0.1, -0.05) is 36.4 Å². The Morgan fingerprint density at radius 2 is 2.05 bits per heavy atom. The summed E-state index contributed by atoms with van der Waals surface area (Å²) in [5.41, 5.74) is 2.44. The Labute approximate surface area is 131 Å². The molecule has 1 aliphatic heterocycles. The lowest BCUT2D eigenvalue weighted by atomic mass is 10.0. The van der Waals surface area contributed by atoms with Gasteiger partial charge < -0.3 is 10.2 Å². The maximum atomic E-state index is 12.9. The van der Waals surface area contributed by atoms with Gasteiger partial charge in [0.2, 0.25) is 0 Å². The van der Waals surface area contributed by atoms with Crippen molar-refractivity contribution in [1.82, 2.24) is 15.2 Å². The molecular formula is C18H21N3O. The number of piperidine rings is 1. The fourth-order valence-corrected chi connectivity index (χ4v) is 2.92. The molecule has 1 N–H and O–H groups in total. The number of benzene rings is 1. The highest BCUT2D eigenvalue weighted by Crippen LogP contribution is 2.23. The Kier molecular flexibility index (Phi) is 4.49. The minimum Gasteiger partial charge on any atom is -0.336 e. The highest BCUT2D eigenvalue weighted by atomic mass is 16.2. The number of carbonyl (C=O) groups is 1. The van der Waals surface area contributed by atoms with Gasteiger partial charge in [0.1, 0.15) is 5.69 Å². The number of carbonyl (C=O) groups excluding carboxylic acids is 1. The Hall–Kier alpha value is -2.20. The average Bonchev–Trinajstić information content (AvgIpc) is 2.62. The Morgan fingerprint density at radius 3 is 2.77 bits per heavy atom. The van der Waals surface area contributed by atoms with Crippen LogP contribution in [0.2, 0.25) is 0 Å². The number of nitrogens with zero attached hydrogens (tertiary/aromatic N) is 2. The molecule has 114 valence electrons. The van der Waals surface area contributed by atoms with Crippen LogP contribution in [-0.4, -0.2) is 42.0 Å². The van der Waals surface area contributed by atoms with Crippen LogP contribution < -0.4 is 5.32 Å². The van der Waals surface area contributed by atoms with Crippen molar-refractivity contribution in [2.45, 2.75) is 18.9 Å². The molecule has 4 heteroatoms. The van der Waals surface area contributed by atoms with E-state index in [0.29, 0.717) is 5.69 Å². The van der Waals surface area contributed by atoms with Gasteiger partial charge in [-0.2, -0.15) is 0 Å². The SMILES string of the molecule is CN(C(=O)c1ncccc1-c1ccccc1)C1CCCNC1. The minimum atomic E-state index is -0.00634. The van der Waals surface area contributed by atoms with Crippen LogP contribution in [0.5, 0.6) is 0 Å². The van der Waals surface area contributed by atoms with Gasteiger partial charge >= 0.3 is 0 Å². The average molecular weight is 295 g/mol. The molecule has 22 heavy (non-hydrogen) atoms. The maximum absolute atomic E-state index is 12.9. The maximum Gasteiger partial charge on any atom is 0.273 e. The van der Waals surface area contributed by atoms with E-state index in [4.69, 9.17) is 0 Å². The second-order valence-corrected chi connectivity index (χ2v) is 5.68. The summed E-state index contributed by atoms with van der Waals surface area (Å²) in [6, 6.07) is 14.0. The molecule has 1 aromatic carbocycles. The number of rotatable bonds is 3. The largest absolute Gasteiger partial charge is 0.336 e. The third-order valence-corrected chi connectivity index (χ3v) is 4.23. The topological polar surface area (TPSA) is 45.2 Å². The van der Waals surface area contributed by atoms with Gasteiger partial charge in [-0.05, 0) is 31.0 Å². The Balaban J connectivity index is 1.89. The van der Waals surface area contributed by atoms with Crippen LogP contribution in [0.15, 0.2) is 48.7 Å². The lowest BCUT2D eigenvalue weighted by molar-refractivity contribution is 0.0703. The van der Waals surface area contributed by atoms with Crippen molar-refractivity contribution in [3.05, 3.63) is 54.4 Å². The van der Waals surface area contributed by atoms with Gasteiger partial charge in [0.25, 0.3) is 5.91 Å². The van der Waals surface area contributed by atoms with Gasteiger partial charge in [-0.15, -0.1) is 0 Å². The molecule has 1 amide bonds. The number of nitrogens with one attached hydrogen (secondary N) is 1. The van der Waals surface area contributed by atoms with Gasteiger partial charge in [0.05, 0.1) is 0 Å². The first-order chi connectivity index (χ1) is 10.8. The fraction of sp³-hybridized carbons (Fsp3) is 0.333. The summed E-state index contributed by atoms with van der Waals surface area (Å²) in [6.07, 6.45) is 3.84. The molecule has 0 saturated carbocycles. The van der Waals surface area contributed by atoms with E-state index in [1.165, 1.54) is 0 Å². The summed E-state index contributed by atoms with van der Waals surface area (Å²) in [6.45, 7) is 1.90. The zero-order chi connectivity index (χ0) is 15.4. The molecule has 2 heterocycles. The lowest BCUT2D eigenvalue weighted by Crippen LogP contribution is -2.47. The van der Waals surface area contributed by atoms with E-state index in [2.05, 4.69) is 10.3 Å². The van der Waals surface area contributed by atoms with E-state index >= 15 is 0 Å². The van der Waals surface area contributed by atoms with Crippen molar-refractivity contribution in [3.8, 4) is 11.1 Å². The number of pyridine rings is 1. The predicted octanol–water partition coefficient (Wildman–Crippen LogP) is 2.57. The van der Waals surface area contributed by atoms with Crippen molar-refractivity contribution >= 4 is 5.91 Å². The van der Waals surface area contributed by atoms with Crippen molar-refractivity contribution in [1.29, 1.82) is 0 Å². The van der Waals surface area contributed by atoms with Crippen LogP contribution in [0.3, 0.4) is 0 Å². The molecule has 1 saturated heterocycles. The van der Waals surface area contributed by atoms with Crippen LogP contribution in [-0.2, 0) is 0 Å². The van der Waals surface area contributed by atoms with Crippen molar-refractivity contribution in [2.75, 3.05) is 20.1 Å². The normalized spacial score (nSPS) is 18.0. The van der Waals surface area contributed by atoms with Crippen molar-refractivity contribution < 1.29 is 4.79 Å². The Morgan fingerprint density at radius 1 is 1.23 bits per heavy atom. The second kappa shape index (κ2) is 6.71. The van der Waals surface area contributed by atoms with Crippen LogP contribution in [0, 0.1) is 0 Å². The second-order valence-electron chi connectivity index (χ2n) is 5.68. The number of likely N-dealkylation sites (N-methyl/N-ethyl adjacent to an activating group) is 1. The molecule has 1 aromatic heterocycles. The molecule has 1 fully saturated rings. The standard InChI is InChI=1S/C18H21N3O/c1-21(15-9-5-11-19-13-15)18(22)17-16(10-6-12-20-17)14-7-3-2-4-8-14/h2-4,6-8,10,12,15,19H,5,9,11,13H2,1H3. The van der Waals surface area contributed by atoms with E-state index in [-0.39, 0.29) is 11.9 Å². The van der Waals surface area contributed by atoms with E-state index in [0.717, 1.165) is 37.1 Å². The van der Waals surface area contributed by atoms with Crippen molar-refractivity contribution in [3.63, 3.8) is 0 Å². The first kappa shape index (κ1) is 14.7. The lowest BCUT2D eigenvalue weighted by Gasteiger charge is -2.31. The molecule has 1 unspecified atom stereocenters.